The molecule has 20 heavy (non-hydrogen) atoms. The van der Waals surface area contributed by atoms with Crippen molar-refractivity contribution in [2.75, 3.05) is 13.2 Å². The molecule has 6 heteroatoms. The number of hydrogen-bond acceptors (Lipinski definition) is 5. The Morgan fingerprint density at radius 1 is 1.65 bits per heavy atom. The summed E-state index contributed by atoms with van der Waals surface area (Å²) in [6, 6.07) is 2.71. The lowest BCUT2D eigenvalue weighted by Crippen LogP contribution is -2.28. The van der Waals surface area contributed by atoms with Crippen LogP contribution in [0.5, 0.6) is 0 Å². The van der Waals surface area contributed by atoms with Crippen molar-refractivity contribution in [3.8, 4) is 6.07 Å². The van der Waals surface area contributed by atoms with E-state index in [1.54, 1.807) is 17.8 Å². The maximum absolute atomic E-state index is 11.9. The van der Waals surface area contributed by atoms with Crippen LogP contribution in [0.3, 0.4) is 0 Å². The van der Waals surface area contributed by atoms with Gasteiger partial charge in [0, 0.05) is 32.6 Å². The Labute approximate surface area is 118 Å². The second-order valence-corrected chi connectivity index (χ2v) is 4.96. The molecule has 0 aromatic carbocycles. The van der Waals surface area contributed by atoms with Gasteiger partial charge in [0.2, 0.25) is 0 Å². The fraction of sp³-hybridized carbons (Fsp3) is 0.643. The van der Waals surface area contributed by atoms with E-state index in [4.69, 9.17) is 10.00 Å². The third-order valence-corrected chi connectivity index (χ3v) is 3.48. The lowest BCUT2D eigenvalue weighted by Gasteiger charge is -2.21. The Morgan fingerprint density at radius 2 is 2.40 bits per heavy atom. The molecule has 1 aromatic rings. The van der Waals surface area contributed by atoms with Crippen molar-refractivity contribution in [1.82, 2.24) is 14.7 Å². The van der Waals surface area contributed by atoms with Gasteiger partial charge in [-0.15, -0.1) is 0 Å². The zero-order valence-electron chi connectivity index (χ0n) is 12.0. The van der Waals surface area contributed by atoms with Gasteiger partial charge in [-0.25, -0.2) is 4.79 Å². The van der Waals surface area contributed by atoms with Crippen molar-refractivity contribution in [2.45, 2.75) is 38.8 Å². The van der Waals surface area contributed by atoms with E-state index in [-0.39, 0.29) is 5.97 Å². The number of aryl methyl sites for hydroxylation is 1. The van der Waals surface area contributed by atoms with E-state index in [0.717, 1.165) is 25.1 Å². The molecule has 1 aliphatic rings. The highest BCUT2D eigenvalue weighted by Gasteiger charge is 2.30. The summed E-state index contributed by atoms with van der Waals surface area (Å²) in [5.74, 6) is -0.327. The first-order valence-corrected chi connectivity index (χ1v) is 6.96. The van der Waals surface area contributed by atoms with E-state index >= 15 is 0 Å². The third kappa shape index (κ3) is 3.36. The monoisotopic (exact) mass is 276 g/mol. The van der Waals surface area contributed by atoms with Gasteiger partial charge in [0.25, 0.3) is 0 Å². The number of ether oxygens (including phenoxy) is 1. The Hall–Kier alpha value is -1.87. The summed E-state index contributed by atoms with van der Waals surface area (Å²) in [5, 5.41) is 12.9. The molecule has 0 saturated heterocycles. The number of aromatic nitrogens is 2. The molecular formula is C14H20N4O2. The molecule has 108 valence electrons. The number of carbonyl (C=O) groups is 1. The molecule has 0 unspecified atom stereocenters. The van der Waals surface area contributed by atoms with Gasteiger partial charge in [0.05, 0.1) is 24.6 Å². The standard InChI is InChI=1S/C14H20N4O2/c1-3-20-14(19)12-9-16-17(2)13(12)10-18(8-4-7-15)11-5-6-11/h9,11H,3-6,8,10H2,1-2H3. The molecule has 0 N–H and O–H groups in total. The quantitative estimate of drug-likeness (QED) is 0.705. The summed E-state index contributed by atoms with van der Waals surface area (Å²) in [7, 11) is 1.83. The number of esters is 1. The fourth-order valence-electron chi connectivity index (χ4n) is 2.25. The minimum atomic E-state index is -0.327. The summed E-state index contributed by atoms with van der Waals surface area (Å²) < 4.78 is 6.77. The first-order chi connectivity index (χ1) is 9.67. The highest BCUT2D eigenvalue weighted by molar-refractivity contribution is 5.90. The molecule has 0 aliphatic heterocycles. The molecule has 1 saturated carbocycles. The number of nitriles is 1. The Bertz CT molecular complexity index is 514. The van der Waals surface area contributed by atoms with Gasteiger partial charge in [-0.05, 0) is 19.8 Å². The fourth-order valence-corrected chi connectivity index (χ4v) is 2.25. The molecule has 1 heterocycles. The van der Waals surface area contributed by atoms with Crippen LogP contribution in [0.4, 0.5) is 0 Å². The van der Waals surface area contributed by atoms with Gasteiger partial charge in [-0.3, -0.25) is 9.58 Å². The van der Waals surface area contributed by atoms with Crippen molar-refractivity contribution in [2.24, 2.45) is 7.05 Å². The largest absolute Gasteiger partial charge is 0.462 e. The first-order valence-electron chi connectivity index (χ1n) is 6.96. The van der Waals surface area contributed by atoms with Gasteiger partial charge in [0.1, 0.15) is 5.56 Å². The Balaban J connectivity index is 2.12. The smallest absolute Gasteiger partial charge is 0.341 e. The Morgan fingerprint density at radius 3 is 3.00 bits per heavy atom. The van der Waals surface area contributed by atoms with Crippen LogP contribution in [0, 0.1) is 11.3 Å². The number of carbonyl (C=O) groups excluding carboxylic acids is 1. The molecule has 2 rings (SSSR count). The van der Waals surface area contributed by atoms with E-state index in [1.807, 2.05) is 7.05 Å². The van der Waals surface area contributed by atoms with Gasteiger partial charge < -0.3 is 4.74 Å². The summed E-state index contributed by atoms with van der Waals surface area (Å²) >= 11 is 0. The average Bonchev–Trinajstić information content (AvgIpc) is 3.20. The molecule has 1 aromatic heterocycles. The summed E-state index contributed by atoms with van der Waals surface area (Å²) in [6.45, 7) is 3.51. The average molecular weight is 276 g/mol. The predicted molar refractivity (Wildman–Crippen MR) is 72.8 cm³/mol. The summed E-state index contributed by atoms with van der Waals surface area (Å²) in [5.41, 5.74) is 1.38. The molecule has 0 amide bonds. The van der Waals surface area contributed by atoms with E-state index < -0.39 is 0 Å². The van der Waals surface area contributed by atoms with Crippen LogP contribution in [0.15, 0.2) is 6.20 Å². The van der Waals surface area contributed by atoms with Crippen LogP contribution in [0.25, 0.3) is 0 Å². The van der Waals surface area contributed by atoms with Crippen molar-refractivity contribution >= 4 is 5.97 Å². The van der Waals surface area contributed by atoms with Crippen molar-refractivity contribution in [3.05, 3.63) is 17.5 Å². The highest BCUT2D eigenvalue weighted by atomic mass is 16.5. The molecule has 6 nitrogen and oxygen atoms in total. The normalized spacial score (nSPS) is 14.3. The second-order valence-electron chi connectivity index (χ2n) is 4.96. The van der Waals surface area contributed by atoms with E-state index in [1.165, 1.54) is 0 Å². The van der Waals surface area contributed by atoms with E-state index in [0.29, 0.717) is 31.2 Å². The lowest BCUT2D eigenvalue weighted by molar-refractivity contribution is 0.0523. The molecule has 0 spiro atoms. The van der Waals surface area contributed by atoms with Crippen molar-refractivity contribution in [1.29, 1.82) is 5.26 Å². The van der Waals surface area contributed by atoms with E-state index in [2.05, 4.69) is 16.1 Å². The van der Waals surface area contributed by atoms with Crippen LogP contribution in [0.1, 0.15) is 42.2 Å². The lowest BCUT2D eigenvalue weighted by atomic mass is 10.2. The minimum Gasteiger partial charge on any atom is -0.462 e. The molecule has 1 aliphatic carbocycles. The Kier molecular flexibility index (Phi) is 4.74. The topological polar surface area (TPSA) is 71.2 Å². The molecular weight excluding hydrogens is 256 g/mol. The van der Waals surface area contributed by atoms with Crippen LogP contribution in [-0.4, -0.2) is 39.8 Å². The second kappa shape index (κ2) is 6.53. The summed E-state index contributed by atoms with van der Waals surface area (Å²) in [4.78, 5) is 14.2. The number of rotatable bonds is 7. The van der Waals surface area contributed by atoms with Crippen molar-refractivity contribution in [3.63, 3.8) is 0 Å². The molecule has 0 atom stereocenters. The van der Waals surface area contributed by atoms with Gasteiger partial charge >= 0.3 is 5.97 Å². The number of hydrogen-bond donors (Lipinski definition) is 0. The van der Waals surface area contributed by atoms with Crippen LogP contribution in [0.2, 0.25) is 0 Å². The van der Waals surface area contributed by atoms with Crippen LogP contribution >= 0.6 is 0 Å². The number of nitrogens with zero attached hydrogens (tertiary/aromatic N) is 4. The van der Waals surface area contributed by atoms with Crippen LogP contribution < -0.4 is 0 Å². The van der Waals surface area contributed by atoms with Gasteiger partial charge in [-0.2, -0.15) is 10.4 Å². The van der Waals surface area contributed by atoms with Gasteiger partial charge in [-0.1, -0.05) is 0 Å². The minimum absolute atomic E-state index is 0.327. The van der Waals surface area contributed by atoms with Crippen LogP contribution in [-0.2, 0) is 18.3 Å². The van der Waals surface area contributed by atoms with E-state index in [9.17, 15) is 4.79 Å². The predicted octanol–water partition coefficient (Wildman–Crippen LogP) is 1.47. The van der Waals surface area contributed by atoms with Gasteiger partial charge in [0.15, 0.2) is 0 Å². The van der Waals surface area contributed by atoms with Crippen molar-refractivity contribution < 1.29 is 9.53 Å². The maximum Gasteiger partial charge on any atom is 0.341 e. The first kappa shape index (κ1) is 14.5. The zero-order valence-corrected chi connectivity index (χ0v) is 12.0. The molecule has 1 fully saturated rings. The zero-order chi connectivity index (χ0) is 14.5. The summed E-state index contributed by atoms with van der Waals surface area (Å²) in [6.07, 6.45) is 4.39. The third-order valence-electron chi connectivity index (χ3n) is 3.48. The maximum atomic E-state index is 11.9. The molecule has 0 radical (unpaired) electrons. The molecule has 0 bridgehead atoms. The SMILES string of the molecule is CCOC(=O)c1cnn(C)c1CN(CCC#N)C1CC1. The highest BCUT2D eigenvalue weighted by Crippen LogP contribution is 2.29.